The number of hydrogen-bond donors (Lipinski definition) is 4. The van der Waals surface area contributed by atoms with Gasteiger partial charge in [0.1, 0.15) is 5.84 Å². The molecule has 0 unspecified atom stereocenters. The number of hydrogen-bond acceptors (Lipinski definition) is 6. The molecule has 8 nitrogen and oxygen atoms in total. The number of ether oxygens (including phenoxy) is 2. The Bertz CT molecular complexity index is 476. The van der Waals surface area contributed by atoms with E-state index in [1.807, 2.05) is 0 Å². The molecule has 0 saturated carbocycles. The Balaban J connectivity index is 2.70. The van der Waals surface area contributed by atoms with Crippen LogP contribution in [-0.2, 0) is 0 Å². The topological polar surface area (TPSA) is 132 Å². The molecular formula is C11H16N4O4. The van der Waals surface area contributed by atoms with Gasteiger partial charge in [-0.2, -0.15) is 5.10 Å². The van der Waals surface area contributed by atoms with Gasteiger partial charge < -0.3 is 25.8 Å². The van der Waals surface area contributed by atoms with Crippen molar-refractivity contribution < 1.29 is 19.4 Å². The normalized spacial score (nSPS) is 10.9. The number of hydrazine groups is 1. The quantitative estimate of drug-likeness (QED) is 0.245. The first kappa shape index (κ1) is 14.6. The Morgan fingerprint density at radius 3 is 2.74 bits per heavy atom. The number of nitrogens with one attached hydrogen (secondary N) is 1. The van der Waals surface area contributed by atoms with E-state index in [0.29, 0.717) is 23.8 Å². The molecule has 0 aliphatic heterocycles. The molecule has 1 aromatic rings. The average molecular weight is 268 g/mol. The number of carboxylic acid groups (broad SMARTS) is 1. The number of nitrogens with zero attached hydrogens (tertiary/aromatic N) is 1. The SMILES string of the molecule is COc1cc(C(=O)O)ccc1OCC/C(=N/N)NN. The summed E-state index contributed by atoms with van der Waals surface area (Å²) in [4.78, 5) is 10.8. The Labute approximate surface area is 110 Å². The predicted molar refractivity (Wildman–Crippen MR) is 69.0 cm³/mol. The third-order valence-electron chi connectivity index (χ3n) is 2.33. The Kier molecular flexibility index (Phi) is 5.42. The highest BCUT2D eigenvalue weighted by Crippen LogP contribution is 2.28. The lowest BCUT2D eigenvalue weighted by Crippen LogP contribution is -2.32. The van der Waals surface area contributed by atoms with E-state index in [9.17, 15) is 4.79 Å². The summed E-state index contributed by atoms with van der Waals surface area (Å²) in [5.41, 5.74) is 2.45. The highest BCUT2D eigenvalue weighted by molar-refractivity contribution is 5.88. The van der Waals surface area contributed by atoms with Gasteiger partial charge in [-0.3, -0.25) is 0 Å². The van der Waals surface area contributed by atoms with Gasteiger partial charge in [0.25, 0.3) is 0 Å². The van der Waals surface area contributed by atoms with E-state index in [2.05, 4.69) is 10.5 Å². The van der Waals surface area contributed by atoms with E-state index < -0.39 is 5.97 Å². The van der Waals surface area contributed by atoms with Crippen molar-refractivity contribution in [1.29, 1.82) is 0 Å². The van der Waals surface area contributed by atoms with E-state index in [-0.39, 0.29) is 12.2 Å². The molecule has 8 heteroatoms. The molecule has 104 valence electrons. The van der Waals surface area contributed by atoms with Gasteiger partial charge in [0.05, 0.1) is 19.3 Å². The Morgan fingerprint density at radius 1 is 1.47 bits per heavy atom. The van der Waals surface area contributed by atoms with Gasteiger partial charge >= 0.3 is 5.97 Å². The lowest BCUT2D eigenvalue weighted by Gasteiger charge is -2.11. The second kappa shape index (κ2) is 7.07. The number of nitrogens with two attached hydrogens (primary N) is 2. The summed E-state index contributed by atoms with van der Waals surface area (Å²) >= 11 is 0. The van der Waals surface area contributed by atoms with Gasteiger partial charge in [0.2, 0.25) is 0 Å². The van der Waals surface area contributed by atoms with Crippen molar-refractivity contribution in [2.45, 2.75) is 6.42 Å². The maximum absolute atomic E-state index is 10.8. The summed E-state index contributed by atoms with van der Waals surface area (Å²) in [6.07, 6.45) is 0.386. The molecule has 0 heterocycles. The smallest absolute Gasteiger partial charge is 0.335 e. The van der Waals surface area contributed by atoms with Crippen LogP contribution < -0.4 is 26.6 Å². The van der Waals surface area contributed by atoms with Crippen molar-refractivity contribution in [3.8, 4) is 11.5 Å². The van der Waals surface area contributed by atoms with E-state index in [4.69, 9.17) is 26.3 Å². The summed E-state index contributed by atoms with van der Waals surface area (Å²) < 4.78 is 10.5. The minimum Gasteiger partial charge on any atom is -0.493 e. The molecule has 6 N–H and O–H groups in total. The van der Waals surface area contributed by atoms with Crippen molar-refractivity contribution in [3.63, 3.8) is 0 Å². The molecule has 19 heavy (non-hydrogen) atoms. The van der Waals surface area contributed by atoms with Gasteiger partial charge in [-0.25, -0.2) is 10.6 Å². The number of hydrazone groups is 1. The molecule has 0 saturated heterocycles. The molecule has 1 aromatic carbocycles. The van der Waals surface area contributed by atoms with Crippen LogP contribution in [0.25, 0.3) is 0 Å². The van der Waals surface area contributed by atoms with Gasteiger partial charge in [-0.05, 0) is 18.2 Å². The van der Waals surface area contributed by atoms with Crippen LogP contribution in [0.15, 0.2) is 23.3 Å². The lowest BCUT2D eigenvalue weighted by molar-refractivity contribution is 0.0696. The fourth-order valence-corrected chi connectivity index (χ4v) is 1.35. The van der Waals surface area contributed by atoms with E-state index in [1.165, 1.54) is 25.3 Å². The zero-order valence-electron chi connectivity index (χ0n) is 10.4. The molecular weight excluding hydrogens is 252 g/mol. The van der Waals surface area contributed by atoms with E-state index in [1.54, 1.807) is 0 Å². The zero-order valence-corrected chi connectivity index (χ0v) is 10.4. The summed E-state index contributed by atoms with van der Waals surface area (Å²) in [5, 5.41) is 12.3. The van der Waals surface area contributed by atoms with Crippen molar-refractivity contribution in [1.82, 2.24) is 5.43 Å². The highest BCUT2D eigenvalue weighted by atomic mass is 16.5. The van der Waals surface area contributed by atoms with E-state index >= 15 is 0 Å². The van der Waals surface area contributed by atoms with Crippen LogP contribution >= 0.6 is 0 Å². The molecule has 0 bridgehead atoms. The minimum absolute atomic E-state index is 0.122. The largest absolute Gasteiger partial charge is 0.493 e. The number of rotatable bonds is 6. The monoisotopic (exact) mass is 268 g/mol. The second-order valence-corrected chi connectivity index (χ2v) is 3.49. The third-order valence-corrected chi connectivity index (χ3v) is 2.33. The van der Waals surface area contributed by atoms with Gasteiger partial charge in [-0.15, -0.1) is 0 Å². The molecule has 0 aromatic heterocycles. The van der Waals surface area contributed by atoms with Gasteiger partial charge in [-0.1, -0.05) is 0 Å². The lowest BCUT2D eigenvalue weighted by atomic mass is 10.2. The van der Waals surface area contributed by atoms with Crippen LogP contribution in [-0.4, -0.2) is 30.6 Å². The fraction of sp³-hybridized carbons (Fsp3) is 0.273. The first-order valence-corrected chi connectivity index (χ1v) is 5.39. The van der Waals surface area contributed by atoms with Gasteiger partial charge in [0, 0.05) is 6.42 Å². The van der Waals surface area contributed by atoms with Crippen LogP contribution in [0.4, 0.5) is 0 Å². The minimum atomic E-state index is -1.03. The maximum atomic E-state index is 10.8. The van der Waals surface area contributed by atoms with Crippen molar-refractivity contribution in [2.75, 3.05) is 13.7 Å². The van der Waals surface area contributed by atoms with E-state index in [0.717, 1.165) is 0 Å². The number of aromatic carboxylic acids is 1. The van der Waals surface area contributed by atoms with Crippen LogP contribution in [0.5, 0.6) is 11.5 Å². The average Bonchev–Trinajstić information content (AvgIpc) is 2.43. The van der Waals surface area contributed by atoms with Crippen LogP contribution in [0.3, 0.4) is 0 Å². The number of carboxylic acids is 1. The fourth-order valence-electron chi connectivity index (χ4n) is 1.35. The highest BCUT2D eigenvalue weighted by Gasteiger charge is 2.10. The third kappa shape index (κ3) is 4.03. The molecule has 0 atom stereocenters. The molecule has 0 fully saturated rings. The summed E-state index contributed by atoms with van der Waals surface area (Å²) in [6.45, 7) is 0.267. The molecule has 0 aliphatic carbocycles. The molecule has 0 aliphatic rings. The molecule has 0 amide bonds. The summed E-state index contributed by atoms with van der Waals surface area (Å²) in [7, 11) is 1.43. The summed E-state index contributed by atoms with van der Waals surface area (Å²) in [6, 6.07) is 4.34. The Hall–Kier alpha value is -2.48. The standard InChI is InChI=1S/C11H16N4O4/c1-18-9-6-7(11(16)17)2-3-8(9)19-5-4-10(14-12)15-13/h2-3,6H,4-5,12-13H2,1H3,(H,14,15)(H,16,17). The summed E-state index contributed by atoms with van der Waals surface area (Å²) in [5.74, 6) is 10.4. The number of benzene rings is 1. The molecule has 0 spiro atoms. The zero-order chi connectivity index (χ0) is 14.3. The number of amidine groups is 1. The first-order chi connectivity index (χ1) is 9.12. The molecule has 0 radical (unpaired) electrons. The van der Waals surface area contributed by atoms with Crippen LogP contribution in [0.2, 0.25) is 0 Å². The van der Waals surface area contributed by atoms with Crippen LogP contribution in [0, 0.1) is 0 Å². The van der Waals surface area contributed by atoms with Gasteiger partial charge in [0.15, 0.2) is 11.5 Å². The first-order valence-electron chi connectivity index (χ1n) is 5.39. The van der Waals surface area contributed by atoms with Crippen molar-refractivity contribution >= 4 is 11.8 Å². The predicted octanol–water partition coefficient (Wildman–Crippen LogP) is -0.102. The second-order valence-electron chi connectivity index (χ2n) is 3.49. The maximum Gasteiger partial charge on any atom is 0.335 e. The Morgan fingerprint density at radius 2 is 2.21 bits per heavy atom. The van der Waals surface area contributed by atoms with Crippen molar-refractivity contribution in [3.05, 3.63) is 23.8 Å². The van der Waals surface area contributed by atoms with Crippen molar-refractivity contribution in [2.24, 2.45) is 16.8 Å². The number of methoxy groups -OCH3 is 1. The molecule has 1 rings (SSSR count). The van der Waals surface area contributed by atoms with Crippen LogP contribution in [0.1, 0.15) is 16.8 Å². The number of carbonyl (C=O) groups is 1.